The van der Waals surface area contributed by atoms with Crippen molar-refractivity contribution in [2.45, 2.75) is 19.5 Å². The molecule has 0 fully saturated rings. The SMILES string of the molecule is CC(CS(C)(=O)=O)NCc1ccnc(C(N)=NO)c1. The normalized spacial score (nSPS) is 14.3. The summed E-state index contributed by atoms with van der Waals surface area (Å²) in [6.45, 7) is 2.28. The van der Waals surface area contributed by atoms with Crippen LogP contribution >= 0.6 is 0 Å². The maximum atomic E-state index is 11.1. The molecule has 0 aliphatic carbocycles. The minimum absolute atomic E-state index is 0.0639. The lowest BCUT2D eigenvalue weighted by atomic mass is 10.2. The highest BCUT2D eigenvalue weighted by atomic mass is 32.2. The van der Waals surface area contributed by atoms with Gasteiger partial charge in [0.25, 0.3) is 0 Å². The lowest BCUT2D eigenvalue weighted by Gasteiger charge is -2.12. The topological polar surface area (TPSA) is 118 Å². The van der Waals surface area contributed by atoms with Crippen molar-refractivity contribution >= 4 is 15.7 Å². The largest absolute Gasteiger partial charge is 0.409 e. The van der Waals surface area contributed by atoms with E-state index in [0.717, 1.165) is 5.56 Å². The number of nitrogens with one attached hydrogen (secondary N) is 1. The summed E-state index contributed by atoms with van der Waals surface area (Å²) in [7, 11) is -3.00. The van der Waals surface area contributed by atoms with Gasteiger partial charge in [-0.15, -0.1) is 0 Å². The standard InChI is InChI=1S/C11H18N4O3S/c1-8(7-19(2,17)18)14-6-9-3-4-13-10(5-9)11(12)15-16/h3-5,8,14,16H,6-7H2,1-2H3,(H2,12,15). The Morgan fingerprint density at radius 2 is 2.32 bits per heavy atom. The minimum Gasteiger partial charge on any atom is -0.409 e. The number of nitrogens with zero attached hydrogens (tertiary/aromatic N) is 2. The molecule has 4 N–H and O–H groups in total. The van der Waals surface area contributed by atoms with Gasteiger partial charge >= 0.3 is 0 Å². The van der Waals surface area contributed by atoms with Crippen molar-refractivity contribution in [3.8, 4) is 0 Å². The van der Waals surface area contributed by atoms with Crippen LogP contribution < -0.4 is 11.1 Å². The maximum absolute atomic E-state index is 11.1. The van der Waals surface area contributed by atoms with Crippen molar-refractivity contribution in [2.75, 3.05) is 12.0 Å². The molecule has 19 heavy (non-hydrogen) atoms. The van der Waals surface area contributed by atoms with Gasteiger partial charge in [0.05, 0.1) is 5.75 Å². The van der Waals surface area contributed by atoms with Gasteiger partial charge in [0.15, 0.2) is 5.84 Å². The highest BCUT2D eigenvalue weighted by molar-refractivity contribution is 7.90. The molecule has 1 rings (SSSR count). The summed E-state index contributed by atoms with van der Waals surface area (Å²) in [6, 6.07) is 3.29. The van der Waals surface area contributed by atoms with Crippen LogP contribution in [0, 0.1) is 0 Å². The number of hydrogen-bond donors (Lipinski definition) is 3. The number of amidine groups is 1. The van der Waals surface area contributed by atoms with Crippen LogP contribution in [0.2, 0.25) is 0 Å². The first-order chi connectivity index (χ1) is 8.81. The van der Waals surface area contributed by atoms with Crippen LogP contribution in [0.1, 0.15) is 18.2 Å². The van der Waals surface area contributed by atoms with Crippen LogP contribution in [0.3, 0.4) is 0 Å². The van der Waals surface area contributed by atoms with E-state index in [1.54, 1.807) is 25.3 Å². The summed E-state index contributed by atoms with van der Waals surface area (Å²) in [4.78, 5) is 3.96. The Bertz CT molecular complexity index is 557. The molecule has 0 spiro atoms. The number of rotatable bonds is 6. The van der Waals surface area contributed by atoms with E-state index < -0.39 is 9.84 Å². The highest BCUT2D eigenvalue weighted by Gasteiger charge is 2.10. The van der Waals surface area contributed by atoms with Gasteiger partial charge in [-0.2, -0.15) is 0 Å². The van der Waals surface area contributed by atoms with Crippen molar-refractivity contribution in [2.24, 2.45) is 10.9 Å². The fraction of sp³-hybridized carbons (Fsp3) is 0.455. The molecule has 1 unspecified atom stereocenters. The Morgan fingerprint density at radius 3 is 2.89 bits per heavy atom. The van der Waals surface area contributed by atoms with E-state index in [0.29, 0.717) is 12.2 Å². The van der Waals surface area contributed by atoms with Crippen LogP contribution in [0.4, 0.5) is 0 Å². The van der Waals surface area contributed by atoms with Gasteiger partial charge < -0.3 is 16.3 Å². The van der Waals surface area contributed by atoms with Crippen LogP contribution in [0.25, 0.3) is 0 Å². The Labute approximate surface area is 112 Å². The van der Waals surface area contributed by atoms with Gasteiger partial charge in [-0.1, -0.05) is 5.16 Å². The summed E-state index contributed by atoms with van der Waals surface area (Å²) < 4.78 is 22.3. The molecular formula is C11H18N4O3S. The fourth-order valence-electron chi connectivity index (χ4n) is 1.58. The number of aromatic nitrogens is 1. The number of oxime groups is 1. The fourth-order valence-corrected chi connectivity index (χ4v) is 2.61. The lowest BCUT2D eigenvalue weighted by molar-refractivity contribution is 0.318. The quantitative estimate of drug-likeness (QED) is 0.286. The first-order valence-electron chi connectivity index (χ1n) is 5.66. The third kappa shape index (κ3) is 5.66. The van der Waals surface area contributed by atoms with E-state index in [1.165, 1.54) is 6.26 Å². The van der Waals surface area contributed by atoms with Crippen molar-refractivity contribution < 1.29 is 13.6 Å². The molecule has 0 amide bonds. The summed E-state index contributed by atoms with van der Waals surface area (Å²) in [5.41, 5.74) is 6.69. The molecule has 0 saturated heterocycles. The highest BCUT2D eigenvalue weighted by Crippen LogP contribution is 2.02. The molecule has 1 atom stereocenters. The average Bonchev–Trinajstić information content (AvgIpc) is 2.34. The first kappa shape index (κ1) is 15.4. The Hall–Kier alpha value is -1.67. The molecule has 0 aliphatic heterocycles. The lowest BCUT2D eigenvalue weighted by Crippen LogP contribution is -2.32. The molecule has 0 aliphatic rings. The van der Waals surface area contributed by atoms with Gasteiger partial charge in [0.1, 0.15) is 15.5 Å². The molecule has 1 heterocycles. The minimum atomic E-state index is -3.00. The van der Waals surface area contributed by atoms with E-state index in [4.69, 9.17) is 10.9 Å². The number of hydrogen-bond acceptors (Lipinski definition) is 6. The van der Waals surface area contributed by atoms with E-state index in [-0.39, 0.29) is 17.6 Å². The second-order valence-corrected chi connectivity index (χ2v) is 6.59. The zero-order valence-electron chi connectivity index (χ0n) is 10.9. The molecule has 106 valence electrons. The third-order valence-electron chi connectivity index (χ3n) is 2.40. The van der Waals surface area contributed by atoms with Gasteiger partial charge in [0, 0.05) is 25.0 Å². The predicted molar refractivity (Wildman–Crippen MR) is 72.8 cm³/mol. The number of sulfone groups is 1. The van der Waals surface area contributed by atoms with Gasteiger partial charge in [-0.3, -0.25) is 4.98 Å². The molecule has 1 aromatic rings. The Balaban J connectivity index is 2.63. The summed E-state index contributed by atoms with van der Waals surface area (Å²) in [6.07, 6.45) is 2.75. The third-order valence-corrected chi connectivity index (χ3v) is 3.51. The molecule has 0 radical (unpaired) electrons. The zero-order valence-corrected chi connectivity index (χ0v) is 11.7. The summed E-state index contributed by atoms with van der Waals surface area (Å²) in [5.74, 6) is 0.0107. The molecule has 0 aromatic carbocycles. The number of pyridine rings is 1. The molecular weight excluding hydrogens is 268 g/mol. The maximum Gasteiger partial charge on any atom is 0.188 e. The van der Waals surface area contributed by atoms with E-state index in [1.807, 2.05) is 0 Å². The van der Waals surface area contributed by atoms with Crippen molar-refractivity contribution in [3.05, 3.63) is 29.6 Å². The second kappa shape index (κ2) is 6.48. The predicted octanol–water partition coefficient (Wildman–Crippen LogP) is -0.301. The van der Waals surface area contributed by atoms with E-state index in [9.17, 15) is 8.42 Å². The Morgan fingerprint density at radius 1 is 1.63 bits per heavy atom. The van der Waals surface area contributed by atoms with Gasteiger partial charge in [-0.05, 0) is 24.6 Å². The average molecular weight is 286 g/mol. The van der Waals surface area contributed by atoms with Crippen molar-refractivity contribution in [1.82, 2.24) is 10.3 Å². The molecule has 1 aromatic heterocycles. The molecule has 0 bridgehead atoms. The zero-order chi connectivity index (χ0) is 14.5. The molecule has 7 nitrogen and oxygen atoms in total. The van der Waals surface area contributed by atoms with Crippen molar-refractivity contribution in [3.63, 3.8) is 0 Å². The van der Waals surface area contributed by atoms with Crippen LogP contribution in [0.15, 0.2) is 23.5 Å². The first-order valence-corrected chi connectivity index (χ1v) is 7.72. The van der Waals surface area contributed by atoms with E-state index >= 15 is 0 Å². The van der Waals surface area contributed by atoms with Crippen molar-refractivity contribution in [1.29, 1.82) is 0 Å². The van der Waals surface area contributed by atoms with Crippen LogP contribution in [0.5, 0.6) is 0 Å². The second-order valence-electron chi connectivity index (χ2n) is 4.41. The van der Waals surface area contributed by atoms with Crippen LogP contribution in [-0.4, -0.2) is 42.5 Å². The van der Waals surface area contributed by atoms with Gasteiger partial charge in [-0.25, -0.2) is 8.42 Å². The molecule has 8 heteroatoms. The molecule has 0 saturated carbocycles. The smallest absolute Gasteiger partial charge is 0.188 e. The van der Waals surface area contributed by atoms with E-state index in [2.05, 4.69) is 15.5 Å². The summed E-state index contributed by atoms with van der Waals surface area (Å²) in [5, 5.41) is 14.5. The van der Waals surface area contributed by atoms with Gasteiger partial charge in [0.2, 0.25) is 0 Å². The Kier molecular flexibility index (Phi) is 5.25. The van der Waals surface area contributed by atoms with Crippen LogP contribution in [-0.2, 0) is 16.4 Å². The number of nitrogens with two attached hydrogens (primary N) is 1. The monoisotopic (exact) mass is 286 g/mol. The summed E-state index contributed by atoms with van der Waals surface area (Å²) >= 11 is 0.